The first-order valence-electron chi connectivity index (χ1n) is 7.16. The summed E-state index contributed by atoms with van der Waals surface area (Å²) < 4.78 is 8.02. The van der Waals surface area contributed by atoms with Gasteiger partial charge in [0.2, 0.25) is 0 Å². The van der Waals surface area contributed by atoms with Crippen molar-refractivity contribution >= 4 is 0 Å². The molecule has 4 nitrogen and oxygen atoms in total. The van der Waals surface area contributed by atoms with Gasteiger partial charge in [0.25, 0.3) is 0 Å². The fraction of sp³-hybridized carbons (Fsp3) is 0.857. The summed E-state index contributed by atoms with van der Waals surface area (Å²) in [6.07, 6.45) is 6.19. The van der Waals surface area contributed by atoms with E-state index in [0.29, 0.717) is 18.2 Å². The molecule has 1 aromatic rings. The van der Waals surface area contributed by atoms with Crippen molar-refractivity contribution in [2.45, 2.75) is 78.0 Å². The Bertz CT molecular complexity index is 384. The van der Waals surface area contributed by atoms with Crippen LogP contribution in [0.2, 0.25) is 0 Å². The van der Waals surface area contributed by atoms with Gasteiger partial charge in [-0.25, -0.2) is 4.68 Å². The predicted molar refractivity (Wildman–Crippen MR) is 71.7 cm³/mol. The van der Waals surface area contributed by atoms with Crippen molar-refractivity contribution in [3.63, 3.8) is 0 Å². The summed E-state index contributed by atoms with van der Waals surface area (Å²) >= 11 is 0. The molecule has 0 N–H and O–H groups in total. The fourth-order valence-electron chi connectivity index (χ4n) is 2.67. The van der Waals surface area contributed by atoms with Crippen LogP contribution in [0.15, 0.2) is 0 Å². The normalized spacial score (nSPS) is 20.9. The minimum Gasteiger partial charge on any atom is -0.376 e. The average Bonchev–Trinajstić information content (AvgIpc) is 2.64. The van der Waals surface area contributed by atoms with E-state index in [-0.39, 0.29) is 0 Å². The van der Waals surface area contributed by atoms with Gasteiger partial charge >= 0.3 is 0 Å². The van der Waals surface area contributed by atoms with Gasteiger partial charge in [0, 0.05) is 6.04 Å². The molecule has 0 fully saturated rings. The standard InChI is InChI=1S/C14H25N3O/c1-10(2)17-14-7-5-6-12(18-11(3)4)8-9-13(14)15-16-17/h10-12H,5-9H2,1-4H3. The molecule has 0 amide bonds. The van der Waals surface area contributed by atoms with Crippen molar-refractivity contribution in [3.05, 3.63) is 11.4 Å². The number of hydrogen-bond acceptors (Lipinski definition) is 3. The molecule has 18 heavy (non-hydrogen) atoms. The van der Waals surface area contributed by atoms with Gasteiger partial charge in [-0.2, -0.15) is 0 Å². The Morgan fingerprint density at radius 1 is 1.17 bits per heavy atom. The predicted octanol–water partition coefficient (Wildman–Crippen LogP) is 2.92. The summed E-state index contributed by atoms with van der Waals surface area (Å²) in [5.74, 6) is 0. The van der Waals surface area contributed by atoms with E-state index in [0.717, 1.165) is 25.7 Å². The van der Waals surface area contributed by atoms with Gasteiger partial charge in [0.15, 0.2) is 0 Å². The summed E-state index contributed by atoms with van der Waals surface area (Å²) in [7, 11) is 0. The maximum atomic E-state index is 5.94. The van der Waals surface area contributed by atoms with E-state index in [9.17, 15) is 0 Å². The molecule has 0 aromatic carbocycles. The second kappa shape index (κ2) is 5.83. The van der Waals surface area contributed by atoms with E-state index >= 15 is 0 Å². The molecule has 1 heterocycles. The van der Waals surface area contributed by atoms with Crippen LogP contribution in [-0.4, -0.2) is 27.2 Å². The molecule has 2 rings (SSSR count). The molecular formula is C14H25N3O. The number of aromatic nitrogens is 3. The zero-order chi connectivity index (χ0) is 13.1. The van der Waals surface area contributed by atoms with Crippen molar-refractivity contribution in [2.75, 3.05) is 0 Å². The Hall–Kier alpha value is -0.900. The van der Waals surface area contributed by atoms with Crippen molar-refractivity contribution in [3.8, 4) is 0 Å². The maximum absolute atomic E-state index is 5.94. The molecule has 0 saturated carbocycles. The molecule has 102 valence electrons. The number of aryl methyl sites for hydroxylation is 1. The number of rotatable bonds is 3. The van der Waals surface area contributed by atoms with Gasteiger partial charge in [-0.15, -0.1) is 5.10 Å². The molecular weight excluding hydrogens is 226 g/mol. The lowest BCUT2D eigenvalue weighted by Gasteiger charge is -2.22. The zero-order valence-corrected chi connectivity index (χ0v) is 12.0. The van der Waals surface area contributed by atoms with Crippen LogP contribution in [0.1, 0.15) is 64.4 Å². The van der Waals surface area contributed by atoms with Crippen molar-refractivity contribution in [1.82, 2.24) is 15.0 Å². The second-order valence-electron chi connectivity index (χ2n) is 5.76. The molecule has 0 aliphatic heterocycles. The monoisotopic (exact) mass is 251 g/mol. The zero-order valence-electron chi connectivity index (χ0n) is 12.0. The summed E-state index contributed by atoms with van der Waals surface area (Å²) in [5, 5.41) is 8.64. The molecule has 0 radical (unpaired) electrons. The second-order valence-corrected chi connectivity index (χ2v) is 5.76. The highest BCUT2D eigenvalue weighted by Crippen LogP contribution is 2.22. The van der Waals surface area contributed by atoms with Gasteiger partial charge in [0.1, 0.15) is 0 Å². The van der Waals surface area contributed by atoms with Crippen LogP contribution < -0.4 is 0 Å². The van der Waals surface area contributed by atoms with Crippen LogP contribution in [0.3, 0.4) is 0 Å². The highest BCUT2D eigenvalue weighted by Gasteiger charge is 2.21. The Kier molecular flexibility index (Phi) is 4.38. The highest BCUT2D eigenvalue weighted by atomic mass is 16.5. The van der Waals surface area contributed by atoms with Crippen molar-refractivity contribution in [1.29, 1.82) is 0 Å². The van der Waals surface area contributed by atoms with Gasteiger partial charge in [-0.3, -0.25) is 0 Å². The first kappa shape index (κ1) is 13.5. The minimum absolute atomic E-state index is 0.320. The van der Waals surface area contributed by atoms with E-state index < -0.39 is 0 Å². The maximum Gasteiger partial charge on any atom is 0.0860 e. The van der Waals surface area contributed by atoms with Gasteiger partial charge in [-0.05, 0) is 59.8 Å². The third kappa shape index (κ3) is 3.10. The van der Waals surface area contributed by atoms with Crippen LogP contribution in [-0.2, 0) is 17.6 Å². The largest absolute Gasteiger partial charge is 0.376 e. The molecule has 4 heteroatoms. The fourth-order valence-corrected chi connectivity index (χ4v) is 2.67. The number of hydrogen-bond donors (Lipinski definition) is 0. The topological polar surface area (TPSA) is 39.9 Å². The molecule has 1 aromatic heterocycles. The van der Waals surface area contributed by atoms with Crippen molar-refractivity contribution in [2.24, 2.45) is 0 Å². The Labute approximate surface area is 110 Å². The van der Waals surface area contributed by atoms with Gasteiger partial charge < -0.3 is 4.74 Å². The number of ether oxygens (including phenoxy) is 1. The van der Waals surface area contributed by atoms with Crippen molar-refractivity contribution < 1.29 is 4.74 Å². The van der Waals surface area contributed by atoms with E-state index in [2.05, 4.69) is 42.7 Å². The lowest BCUT2D eigenvalue weighted by Crippen LogP contribution is -2.21. The lowest BCUT2D eigenvalue weighted by molar-refractivity contribution is -0.00303. The molecule has 0 saturated heterocycles. The van der Waals surface area contributed by atoms with Crippen LogP contribution in [0.4, 0.5) is 0 Å². The van der Waals surface area contributed by atoms with E-state index in [1.807, 2.05) is 0 Å². The van der Waals surface area contributed by atoms with Crippen LogP contribution in [0, 0.1) is 0 Å². The Morgan fingerprint density at radius 2 is 1.94 bits per heavy atom. The lowest BCUT2D eigenvalue weighted by atomic mass is 9.98. The average molecular weight is 251 g/mol. The third-order valence-electron chi connectivity index (χ3n) is 3.47. The molecule has 0 bridgehead atoms. The van der Waals surface area contributed by atoms with Crippen LogP contribution in [0.25, 0.3) is 0 Å². The van der Waals surface area contributed by atoms with Gasteiger partial charge in [0.05, 0.1) is 23.6 Å². The third-order valence-corrected chi connectivity index (χ3v) is 3.47. The van der Waals surface area contributed by atoms with E-state index in [4.69, 9.17) is 4.74 Å². The summed E-state index contributed by atoms with van der Waals surface area (Å²) in [4.78, 5) is 0. The quantitative estimate of drug-likeness (QED) is 0.829. The Balaban J connectivity index is 2.07. The number of nitrogens with zero attached hydrogens (tertiary/aromatic N) is 3. The minimum atomic E-state index is 0.320. The Morgan fingerprint density at radius 3 is 2.61 bits per heavy atom. The smallest absolute Gasteiger partial charge is 0.0860 e. The summed E-state index contributed by atoms with van der Waals surface area (Å²) in [6.45, 7) is 8.55. The highest BCUT2D eigenvalue weighted by molar-refractivity contribution is 5.12. The first-order valence-corrected chi connectivity index (χ1v) is 7.16. The molecule has 1 unspecified atom stereocenters. The summed E-state index contributed by atoms with van der Waals surface area (Å²) in [5.41, 5.74) is 2.52. The SMILES string of the molecule is CC(C)OC1CCCc2c(nnn2C(C)C)CC1. The van der Waals surface area contributed by atoms with Crippen LogP contribution in [0.5, 0.6) is 0 Å². The molecule has 0 spiro atoms. The molecule has 1 aliphatic carbocycles. The van der Waals surface area contributed by atoms with Gasteiger partial charge in [-0.1, -0.05) is 5.21 Å². The number of fused-ring (bicyclic) bond motifs is 1. The van der Waals surface area contributed by atoms with E-state index in [1.165, 1.54) is 17.8 Å². The van der Waals surface area contributed by atoms with E-state index in [1.54, 1.807) is 0 Å². The molecule has 1 atom stereocenters. The first-order chi connectivity index (χ1) is 8.58. The van der Waals surface area contributed by atoms with Crippen LogP contribution >= 0.6 is 0 Å². The molecule has 1 aliphatic rings. The summed E-state index contributed by atoms with van der Waals surface area (Å²) in [6, 6.07) is 0.406.